The fourth-order valence-corrected chi connectivity index (χ4v) is 5.16. The zero-order valence-corrected chi connectivity index (χ0v) is 18.3. The van der Waals surface area contributed by atoms with Crippen LogP contribution in [0.25, 0.3) is 22.0 Å². The highest BCUT2D eigenvalue weighted by Gasteiger charge is 2.40. The molecule has 3 N–H and O–H groups in total. The average Bonchev–Trinajstić information content (AvgIpc) is 2.77. The Morgan fingerprint density at radius 3 is 2.52 bits per heavy atom. The summed E-state index contributed by atoms with van der Waals surface area (Å²) < 4.78 is 19.4. The fourth-order valence-electron chi connectivity index (χ4n) is 5.16. The number of rotatable bonds is 6. The number of pyridine rings is 1. The number of nitrogens with zero attached hydrogens (tertiary/aromatic N) is 1. The van der Waals surface area contributed by atoms with Crippen LogP contribution in [0.15, 0.2) is 42.5 Å². The number of hydrogen-bond donors (Lipinski definition) is 3. The normalized spacial score (nSPS) is 18.1. The Balaban J connectivity index is 1.75. The highest BCUT2D eigenvalue weighted by Crippen LogP contribution is 2.46. The van der Waals surface area contributed by atoms with Crippen molar-refractivity contribution in [3.8, 4) is 16.9 Å². The van der Waals surface area contributed by atoms with Crippen molar-refractivity contribution >= 4 is 22.7 Å². The van der Waals surface area contributed by atoms with E-state index < -0.39 is 11.5 Å². The number of halogens is 1. The summed E-state index contributed by atoms with van der Waals surface area (Å²) in [5.74, 6) is -0.231. The molecule has 5 rings (SSSR count). The van der Waals surface area contributed by atoms with Gasteiger partial charge in [-0.05, 0) is 73.4 Å². The van der Waals surface area contributed by atoms with E-state index >= 15 is 0 Å². The Bertz CT molecular complexity index is 1190. The summed E-state index contributed by atoms with van der Waals surface area (Å²) in [6, 6.07) is 11.5. The quantitative estimate of drug-likeness (QED) is 0.463. The lowest BCUT2D eigenvalue weighted by molar-refractivity contribution is -0.138. The van der Waals surface area contributed by atoms with Gasteiger partial charge in [-0.2, -0.15) is 0 Å². The molecule has 0 atom stereocenters. The Morgan fingerprint density at radius 1 is 1.15 bits per heavy atom. The van der Waals surface area contributed by atoms with Gasteiger partial charge in [-0.1, -0.05) is 12.1 Å². The molecule has 1 aliphatic heterocycles. The van der Waals surface area contributed by atoms with Crippen LogP contribution in [-0.4, -0.2) is 39.9 Å². The van der Waals surface area contributed by atoms with Gasteiger partial charge in [-0.3, -0.25) is 4.79 Å². The van der Waals surface area contributed by atoms with Crippen LogP contribution < -0.4 is 5.32 Å². The van der Waals surface area contributed by atoms with Crippen LogP contribution in [0.3, 0.4) is 0 Å². The number of phenolic OH excluding ortho intramolecular Hbond substituents is 1. The smallest absolute Gasteiger partial charge is 0.305 e. The molecule has 2 aliphatic rings. The molecule has 33 heavy (non-hydrogen) atoms. The van der Waals surface area contributed by atoms with Crippen molar-refractivity contribution in [1.82, 2.24) is 4.98 Å². The number of fused-ring (bicyclic) bond motifs is 1. The molecular formula is C26H27FN2O4. The Labute approximate surface area is 191 Å². The number of hydrogen-bond acceptors (Lipinski definition) is 5. The number of aliphatic carboxylic acids is 1. The average molecular weight is 451 g/mol. The second-order valence-corrected chi connectivity index (χ2v) is 9.17. The highest BCUT2D eigenvalue weighted by molar-refractivity contribution is 5.99. The van der Waals surface area contributed by atoms with Crippen molar-refractivity contribution in [2.24, 2.45) is 0 Å². The monoisotopic (exact) mass is 450 g/mol. The predicted octanol–water partition coefficient (Wildman–Crippen LogP) is 5.45. The first-order chi connectivity index (χ1) is 15.9. The number of nitrogens with one attached hydrogen (secondary N) is 1. The van der Waals surface area contributed by atoms with Crippen LogP contribution in [-0.2, 0) is 9.53 Å². The second kappa shape index (κ2) is 8.63. The number of carbonyl (C=O) groups is 1. The number of carboxylic acid groups (broad SMARTS) is 1. The lowest BCUT2D eigenvalue weighted by atomic mass is 9.74. The van der Waals surface area contributed by atoms with E-state index in [1.807, 2.05) is 6.07 Å². The minimum atomic E-state index is -0.841. The van der Waals surface area contributed by atoms with Gasteiger partial charge in [0.15, 0.2) is 0 Å². The Morgan fingerprint density at radius 2 is 1.88 bits per heavy atom. The molecule has 6 nitrogen and oxygen atoms in total. The van der Waals surface area contributed by atoms with Crippen LogP contribution in [0, 0.1) is 5.82 Å². The van der Waals surface area contributed by atoms with Crippen molar-refractivity contribution in [2.45, 2.75) is 50.0 Å². The van der Waals surface area contributed by atoms with Crippen molar-refractivity contribution in [1.29, 1.82) is 0 Å². The van der Waals surface area contributed by atoms with E-state index in [-0.39, 0.29) is 23.9 Å². The second-order valence-electron chi connectivity index (χ2n) is 9.17. The van der Waals surface area contributed by atoms with E-state index in [0.29, 0.717) is 24.5 Å². The Kier molecular flexibility index (Phi) is 5.66. The molecule has 0 bridgehead atoms. The van der Waals surface area contributed by atoms with Crippen LogP contribution in [0.2, 0.25) is 0 Å². The van der Waals surface area contributed by atoms with Gasteiger partial charge in [0, 0.05) is 35.8 Å². The molecule has 172 valence electrons. The minimum absolute atomic E-state index is 0.0197. The van der Waals surface area contributed by atoms with Gasteiger partial charge in [-0.25, -0.2) is 9.37 Å². The molecule has 1 saturated carbocycles. The van der Waals surface area contributed by atoms with Crippen molar-refractivity contribution in [3.63, 3.8) is 0 Å². The van der Waals surface area contributed by atoms with Crippen LogP contribution in [0.1, 0.15) is 50.0 Å². The van der Waals surface area contributed by atoms with Crippen molar-refractivity contribution in [3.05, 3.63) is 53.8 Å². The lowest BCUT2D eigenvalue weighted by Gasteiger charge is -2.43. The molecule has 3 aromatic rings. The molecular weight excluding hydrogens is 423 g/mol. The van der Waals surface area contributed by atoms with E-state index in [9.17, 15) is 19.4 Å². The van der Waals surface area contributed by atoms with Crippen LogP contribution in [0.4, 0.5) is 10.2 Å². The van der Waals surface area contributed by atoms with Gasteiger partial charge in [0.05, 0.1) is 11.9 Å². The first kappa shape index (κ1) is 21.6. The summed E-state index contributed by atoms with van der Waals surface area (Å²) in [6.45, 7) is 1.28. The molecule has 0 spiro atoms. The minimum Gasteiger partial charge on any atom is -0.508 e. The summed E-state index contributed by atoms with van der Waals surface area (Å²) >= 11 is 0. The maximum Gasteiger partial charge on any atom is 0.305 e. The predicted molar refractivity (Wildman–Crippen MR) is 124 cm³/mol. The zero-order valence-electron chi connectivity index (χ0n) is 18.3. The van der Waals surface area contributed by atoms with E-state index in [2.05, 4.69) is 5.32 Å². The number of benzene rings is 2. The number of phenols is 1. The van der Waals surface area contributed by atoms with Crippen molar-refractivity contribution < 1.29 is 24.1 Å². The number of carboxylic acids is 1. The molecule has 2 fully saturated rings. The van der Waals surface area contributed by atoms with E-state index in [1.165, 1.54) is 12.1 Å². The maximum atomic E-state index is 13.8. The van der Waals surface area contributed by atoms with E-state index in [0.717, 1.165) is 54.2 Å². The molecule has 7 heteroatoms. The van der Waals surface area contributed by atoms with E-state index in [1.54, 1.807) is 24.3 Å². The maximum absolute atomic E-state index is 13.8. The summed E-state index contributed by atoms with van der Waals surface area (Å²) in [4.78, 5) is 16.5. The summed E-state index contributed by atoms with van der Waals surface area (Å²) in [7, 11) is 0. The molecule has 1 saturated heterocycles. The molecule has 0 unspecified atom stereocenters. The Hall–Kier alpha value is -3.19. The number of aromatic nitrogens is 1. The molecule has 0 amide bonds. The molecule has 2 aromatic carbocycles. The number of ether oxygens (including phenoxy) is 1. The van der Waals surface area contributed by atoms with Gasteiger partial charge in [0.2, 0.25) is 0 Å². The van der Waals surface area contributed by atoms with E-state index in [4.69, 9.17) is 9.72 Å². The number of anilines is 1. The van der Waals surface area contributed by atoms with Crippen LogP contribution >= 0.6 is 0 Å². The van der Waals surface area contributed by atoms with Gasteiger partial charge >= 0.3 is 5.97 Å². The molecule has 1 aliphatic carbocycles. The van der Waals surface area contributed by atoms with Gasteiger partial charge in [0.25, 0.3) is 0 Å². The topological polar surface area (TPSA) is 91.7 Å². The summed E-state index contributed by atoms with van der Waals surface area (Å²) in [6.07, 6.45) is 4.15. The van der Waals surface area contributed by atoms with Gasteiger partial charge in [0.1, 0.15) is 17.4 Å². The standard InChI is InChI=1S/C26H27FN2O4/c27-18-4-2-16(3-5-18)23-20-7-6-19(30)14-21(20)28-25(24(23)17-8-12-33-13-9-17)29-26(10-1-11-26)15-22(31)32/h2-7,14,17,30H,1,8-13,15H2,(H,28,29)(H,31,32). The molecule has 2 heterocycles. The summed E-state index contributed by atoms with van der Waals surface area (Å²) in [5, 5.41) is 24.1. The first-order valence-electron chi connectivity index (χ1n) is 11.4. The highest BCUT2D eigenvalue weighted by atomic mass is 19.1. The fraction of sp³-hybridized carbons (Fsp3) is 0.385. The van der Waals surface area contributed by atoms with Crippen molar-refractivity contribution in [2.75, 3.05) is 18.5 Å². The third kappa shape index (κ3) is 4.25. The SMILES string of the molecule is O=C(O)CC1(Nc2nc3cc(O)ccc3c(-c3ccc(F)cc3)c2C2CCOCC2)CCC1. The van der Waals surface area contributed by atoms with Crippen LogP contribution in [0.5, 0.6) is 5.75 Å². The third-order valence-corrected chi connectivity index (χ3v) is 6.95. The lowest BCUT2D eigenvalue weighted by Crippen LogP contribution is -2.47. The molecule has 0 radical (unpaired) electrons. The molecule has 1 aromatic heterocycles. The largest absolute Gasteiger partial charge is 0.508 e. The van der Waals surface area contributed by atoms with Gasteiger partial charge < -0.3 is 20.3 Å². The number of aromatic hydroxyl groups is 1. The summed E-state index contributed by atoms with van der Waals surface area (Å²) in [5.41, 5.74) is 2.89. The first-order valence-corrected chi connectivity index (χ1v) is 11.4. The zero-order chi connectivity index (χ0) is 23.0. The van der Waals surface area contributed by atoms with Gasteiger partial charge in [-0.15, -0.1) is 0 Å². The third-order valence-electron chi connectivity index (χ3n) is 6.95.